The smallest absolute Gasteiger partial charge is 0.254 e. The lowest BCUT2D eigenvalue weighted by atomic mass is 9.96. The highest BCUT2D eigenvalue weighted by molar-refractivity contribution is 5.94. The van der Waals surface area contributed by atoms with Gasteiger partial charge >= 0.3 is 0 Å². The second kappa shape index (κ2) is 6.99. The Kier molecular flexibility index (Phi) is 5.89. The third-order valence-electron chi connectivity index (χ3n) is 3.53. The number of halogens is 3. The summed E-state index contributed by atoms with van der Waals surface area (Å²) in [4.78, 5) is 14.0. The summed E-state index contributed by atoms with van der Waals surface area (Å²) < 4.78 is 26.4. The first-order valence-electron chi connectivity index (χ1n) is 6.51. The second-order valence-corrected chi connectivity index (χ2v) is 5.08. The summed E-state index contributed by atoms with van der Waals surface area (Å²) in [6.07, 6.45) is 2.75. The maximum absolute atomic E-state index is 13.2. The molecule has 0 aromatic heterocycles. The standard InChI is InChI=1S/C14H18F2N2O.ClH/c1-9(17)13-4-2-3-5-18(13)14(19)10-6-11(15)8-12(16)7-10;/h6-9,13H,2-5,17H2,1H3;1H. The van der Waals surface area contributed by atoms with Gasteiger partial charge in [-0.25, -0.2) is 8.78 Å². The van der Waals surface area contributed by atoms with Gasteiger partial charge in [0.05, 0.1) is 0 Å². The summed E-state index contributed by atoms with van der Waals surface area (Å²) in [6, 6.07) is 2.68. The Labute approximate surface area is 123 Å². The summed E-state index contributed by atoms with van der Waals surface area (Å²) in [7, 11) is 0. The van der Waals surface area contributed by atoms with Gasteiger partial charge in [0.1, 0.15) is 11.6 Å². The number of carbonyl (C=O) groups excluding carboxylic acids is 1. The number of piperidine rings is 1. The minimum atomic E-state index is -0.738. The van der Waals surface area contributed by atoms with Crippen molar-refractivity contribution in [2.45, 2.75) is 38.3 Å². The van der Waals surface area contributed by atoms with Gasteiger partial charge < -0.3 is 10.6 Å². The number of hydrogen-bond acceptors (Lipinski definition) is 2. The van der Waals surface area contributed by atoms with E-state index in [1.807, 2.05) is 6.92 Å². The molecule has 1 heterocycles. The van der Waals surface area contributed by atoms with Gasteiger partial charge in [0.25, 0.3) is 5.91 Å². The van der Waals surface area contributed by atoms with E-state index in [9.17, 15) is 13.6 Å². The molecule has 1 aromatic carbocycles. The van der Waals surface area contributed by atoms with Gasteiger partial charge in [-0.2, -0.15) is 0 Å². The number of carbonyl (C=O) groups is 1. The van der Waals surface area contributed by atoms with Gasteiger partial charge in [-0.05, 0) is 38.3 Å². The van der Waals surface area contributed by atoms with Crippen LogP contribution in [0.1, 0.15) is 36.5 Å². The molecule has 2 N–H and O–H groups in total. The van der Waals surface area contributed by atoms with E-state index in [0.29, 0.717) is 6.54 Å². The molecule has 0 radical (unpaired) electrons. The molecule has 2 atom stereocenters. The number of hydrogen-bond donors (Lipinski definition) is 1. The number of nitrogens with two attached hydrogens (primary N) is 1. The number of amides is 1. The molecule has 0 spiro atoms. The molecule has 1 aromatic rings. The van der Waals surface area contributed by atoms with Crippen molar-refractivity contribution in [3.05, 3.63) is 35.4 Å². The van der Waals surface area contributed by atoms with Crippen molar-refractivity contribution in [1.82, 2.24) is 4.90 Å². The molecule has 1 amide bonds. The highest BCUT2D eigenvalue weighted by atomic mass is 35.5. The average Bonchev–Trinajstić information content (AvgIpc) is 2.36. The molecule has 0 bridgehead atoms. The van der Waals surface area contributed by atoms with Crippen LogP contribution < -0.4 is 5.73 Å². The molecular weight excluding hydrogens is 286 g/mol. The van der Waals surface area contributed by atoms with Crippen LogP contribution in [0, 0.1) is 11.6 Å². The summed E-state index contributed by atoms with van der Waals surface area (Å²) in [5.74, 6) is -1.82. The van der Waals surface area contributed by atoms with Gasteiger partial charge in [0.2, 0.25) is 0 Å². The van der Waals surface area contributed by atoms with E-state index < -0.39 is 11.6 Å². The number of nitrogens with zero attached hydrogens (tertiary/aromatic N) is 1. The molecule has 2 unspecified atom stereocenters. The SMILES string of the molecule is CC(N)C1CCCCN1C(=O)c1cc(F)cc(F)c1.Cl. The number of likely N-dealkylation sites (tertiary alicyclic amines) is 1. The second-order valence-electron chi connectivity index (χ2n) is 5.08. The van der Waals surface area contributed by atoms with Crippen LogP contribution in [0.2, 0.25) is 0 Å². The van der Waals surface area contributed by atoms with Crippen molar-refractivity contribution < 1.29 is 13.6 Å². The van der Waals surface area contributed by atoms with Crippen molar-refractivity contribution in [2.24, 2.45) is 5.73 Å². The van der Waals surface area contributed by atoms with Crippen LogP contribution in [-0.2, 0) is 0 Å². The van der Waals surface area contributed by atoms with E-state index >= 15 is 0 Å². The lowest BCUT2D eigenvalue weighted by molar-refractivity contribution is 0.0583. The van der Waals surface area contributed by atoms with Gasteiger partial charge in [0, 0.05) is 30.3 Å². The molecule has 1 fully saturated rings. The Morgan fingerprint density at radius 2 is 1.90 bits per heavy atom. The Morgan fingerprint density at radius 3 is 2.45 bits per heavy atom. The zero-order valence-electron chi connectivity index (χ0n) is 11.3. The van der Waals surface area contributed by atoms with Crippen LogP contribution >= 0.6 is 12.4 Å². The maximum Gasteiger partial charge on any atom is 0.254 e. The Hall–Kier alpha value is -1.20. The Bertz CT molecular complexity index is 462. The number of benzene rings is 1. The van der Waals surface area contributed by atoms with Gasteiger partial charge in [-0.15, -0.1) is 12.4 Å². The normalized spacial score (nSPS) is 20.2. The first kappa shape index (κ1) is 16.9. The molecule has 6 heteroatoms. The van der Waals surface area contributed by atoms with Crippen molar-refractivity contribution >= 4 is 18.3 Å². The third kappa shape index (κ3) is 3.67. The molecule has 0 aliphatic carbocycles. The lowest BCUT2D eigenvalue weighted by Crippen LogP contribution is -2.51. The fourth-order valence-electron chi connectivity index (χ4n) is 2.60. The predicted molar refractivity (Wildman–Crippen MR) is 75.9 cm³/mol. The molecule has 2 rings (SSSR count). The topological polar surface area (TPSA) is 46.3 Å². The molecule has 0 saturated carbocycles. The van der Waals surface area contributed by atoms with Gasteiger partial charge in [0.15, 0.2) is 0 Å². The van der Waals surface area contributed by atoms with Crippen LogP contribution in [0.4, 0.5) is 8.78 Å². The van der Waals surface area contributed by atoms with E-state index in [-0.39, 0.29) is 36.0 Å². The van der Waals surface area contributed by atoms with E-state index in [1.54, 1.807) is 4.90 Å². The van der Waals surface area contributed by atoms with Crippen molar-refractivity contribution in [3.63, 3.8) is 0 Å². The van der Waals surface area contributed by atoms with Crippen molar-refractivity contribution in [3.8, 4) is 0 Å². The number of rotatable bonds is 2. The highest BCUT2D eigenvalue weighted by Gasteiger charge is 2.30. The molecule has 1 aliphatic heterocycles. The summed E-state index contributed by atoms with van der Waals surface area (Å²) in [5.41, 5.74) is 5.94. The quantitative estimate of drug-likeness (QED) is 0.913. The monoisotopic (exact) mass is 304 g/mol. The van der Waals surface area contributed by atoms with Crippen LogP contribution in [-0.4, -0.2) is 29.4 Å². The van der Waals surface area contributed by atoms with Crippen molar-refractivity contribution in [1.29, 1.82) is 0 Å². The summed E-state index contributed by atoms with van der Waals surface area (Å²) in [5, 5.41) is 0. The minimum Gasteiger partial charge on any atom is -0.334 e. The predicted octanol–water partition coefficient (Wildman–Crippen LogP) is 2.73. The van der Waals surface area contributed by atoms with Crippen LogP contribution in [0.5, 0.6) is 0 Å². The van der Waals surface area contributed by atoms with E-state index in [4.69, 9.17) is 5.73 Å². The molecule has 20 heavy (non-hydrogen) atoms. The molecule has 3 nitrogen and oxygen atoms in total. The minimum absolute atomic E-state index is 0. The first-order chi connectivity index (χ1) is 8.99. The van der Waals surface area contributed by atoms with Crippen LogP contribution in [0.3, 0.4) is 0 Å². The zero-order chi connectivity index (χ0) is 14.0. The van der Waals surface area contributed by atoms with E-state index in [1.165, 1.54) is 0 Å². The van der Waals surface area contributed by atoms with Crippen molar-refractivity contribution in [2.75, 3.05) is 6.54 Å². The first-order valence-corrected chi connectivity index (χ1v) is 6.51. The maximum atomic E-state index is 13.2. The van der Waals surface area contributed by atoms with E-state index in [0.717, 1.165) is 37.5 Å². The molecular formula is C14H19ClF2N2O. The largest absolute Gasteiger partial charge is 0.334 e. The fourth-order valence-corrected chi connectivity index (χ4v) is 2.60. The molecule has 1 aliphatic rings. The van der Waals surface area contributed by atoms with E-state index in [2.05, 4.69) is 0 Å². The summed E-state index contributed by atoms with van der Waals surface area (Å²) in [6.45, 7) is 2.44. The van der Waals surface area contributed by atoms with Crippen LogP contribution in [0.15, 0.2) is 18.2 Å². The lowest BCUT2D eigenvalue weighted by Gasteiger charge is -2.38. The zero-order valence-corrected chi connectivity index (χ0v) is 12.1. The van der Waals surface area contributed by atoms with Gasteiger partial charge in [-0.1, -0.05) is 0 Å². The Balaban J connectivity index is 0.00000200. The third-order valence-corrected chi connectivity index (χ3v) is 3.53. The van der Waals surface area contributed by atoms with Crippen LogP contribution in [0.25, 0.3) is 0 Å². The van der Waals surface area contributed by atoms with Gasteiger partial charge in [-0.3, -0.25) is 4.79 Å². The Morgan fingerprint density at radius 1 is 1.30 bits per heavy atom. The molecule has 112 valence electrons. The molecule has 1 saturated heterocycles. The fraction of sp³-hybridized carbons (Fsp3) is 0.500. The highest BCUT2D eigenvalue weighted by Crippen LogP contribution is 2.22. The average molecular weight is 305 g/mol. The summed E-state index contributed by atoms with van der Waals surface area (Å²) >= 11 is 0.